The van der Waals surface area contributed by atoms with Crippen LogP contribution in [-0.4, -0.2) is 53.7 Å². The van der Waals surface area contributed by atoms with Crippen LogP contribution in [-0.2, 0) is 17.8 Å². The summed E-state index contributed by atoms with van der Waals surface area (Å²) in [6.45, 7) is 8.16. The zero-order chi connectivity index (χ0) is 22.5. The Kier molecular flexibility index (Phi) is 7.80. The molecule has 0 saturated carbocycles. The van der Waals surface area contributed by atoms with Gasteiger partial charge in [0.05, 0.1) is 7.11 Å². The molecule has 1 fully saturated rings. The maximum absolute atomic E-state index is 13.3. The van der Waals surface area contributed by atoms with E-state index in [1.165, 1.54) is 35.3 Å². The highest BCUT2D eigenvalue weighted by atomic mass is 32.2. The van der Waals surface area contributed by atoms with Crippen LogP contribution in [0.15, 0.2) is 53.4 Å². The standard InChI is InChI=1S/C27H36N2O2S/c1-20-21(2)32-26-10-9-25(31-3)18-24(26)19-29(20)27(30)13-16-28-14-11-23(12-15-28)17-22-7-5-4-6-8-22/h4-10,18,20-21,23H,11-17,19H2,1-3H3/t20-,21-/m1/s1. The molecule has 0 N–H and O–H groups in total. The summed E-state index contributed by atoms with van der Waals surface area (Å²) in [6, 6.07) is 17.3. The molecule has 2 aromatic rings. The molecule has 1 amide bonds. The molecule has 4 nitrogen and oxygen atoms in total. The van der Waals surface area contributed by atoms with Crippen LogP contribution in [0.3, 0.4) is 0 Å². The molecule has 2 aromatic carbocycles. The van der Waals surface area contributed by atoms with Crippen molar-refractivity contribution in [1.82, 2.24) is 9.80 Å². The Labute approximate surface area is 197 Å². The van der Waals surface area contributed by atoms with Crippen LogP contribution in [0.25, 0.3) is 0 Å². The van der Waals surface area contributed by atoms with E-state index in [2.05, 4.69) is 66.1 Å². The number of fused-ring (bicyclic) bond motifs is 1. The van der Waals surface area contributed by atoms with Crippen molar-refractivity contribution < 1.29 is 9.53 Å². The summed E-state index contributed by atoms with van der Waals surface area (Å²) in [5, 5.41) is 0.363. The molecule has 0 unspecified atom stereocenters. The molecule has 0 aliphatic carbocycles. The maximum Gasteiger partial charge on any atom is 0.224 e. The number of ether oxygens (including phenoxy) is 1. The maximum atomic E-state index is 13.3. The van der Waals surface area contributed by atoms with Crippen molar-refractivity contribution in [1.29, 1.82) is 0 Å². The molecule has 0 bridgehead atoms. The lowest BCUT2D eigenvalue weighted by Crippen LogP contribution is -2.43. The van der Waals surface area contributed by atoms with Crippen molar-refractivity contribution in [3.8, 4) is 5.75 Å². The van der Waals surface area contributed by atoms with Crippen LogP contribution in [0, 0.1) is 5.92 Å². The Hall–Kier alpha value is -1.98. The quantitative estimate of drug-likeness (QED) is 0.599. The van der Waals surface area contributed by atoms with Crippen molar-refractivity contribution in [3.63, 3.8) is 0 Å². The van der Waals surface area contributed by atoms with Gasteiger partial charge >= 0.3 is 0 Å². The number of amides is 1. The van der Waals surface area contributed by atoms with E-state index in [0.717, 1.165) is 31.3 Å². The van der Waals surface area contributed by atoms with E-state index in [9.17, 15) is 4.79 Å². The van der Waals surface area contributed by atoms with E-state index < -0.39 is 0 Å². The zero-order valence-electron chi connectivity index (χ0n) is 19.6. The number of methoxy groups -OCH3 is 1. The molecule has 2 aliphatic heterocycles. The molecular weight excluding hydrogens is 416 g/mol. The molecule has 4 rings (SSSR count). The lowest BCUT2D eigenvalue weighted by molar-refractivity contribution is -0.134. The van der Waals surface area contributed by atoms with Crippen LogP contribution in [0.2, 0.25) is 0 Å². The number of hydrogen-bond acceptors (Lipinski definition) is 4. The third-order valence-electron chi connectivity index (χ3n) is 7.13. The number of thioether (sulfide) groups is 1. The van der Waals surface area contributed by atoms with Crippen LogP contribution in [0.5, 0.6) is 5.75 Å². The predicted molar refractivity (Wildman–Crippen MR) is 132 cm³/mol. The Bertz CT molecular complexity index is 896. The van der Waals surface area contributed by atoms with Gasteiger partial charge in [-0.25, -0.2) is 0 Å². The largest absolute Gasteiger partial charge is 0.497 e. The Morgan fingerprint density at radius 3 is 2.56 bits per heavy atom. The van der Waals surface area contributed by atoms with Crippen molar-refractivity contribution in [3.05, 3.63) is 59.7 Å². The highest BCUT2D eigenvalue weighted by molar-refractivity contribution is 8.00. The van der Waals surface area contributed by atoms with Crippen molar-refractivity contribution in [2.45, 2.75) is 62.3 Å². The van der Waals surface area contributed by atoms with Crippen LogP contribution < -0.4 is 4.74 Å². The van der Waals surface area contributed by atoms with Crippen molar-refractivity contribution in [2.75, 3.05) is 26.7 Å². The summed E-state index contributed by atoms with van der Waals surface area (Å²) in [5.41, 5.74) is 2.64. The SMILES string of the molecule is COc1ccc2c(c1)CN(C(=O)CCN1CCC(Cc3ccccc3)CC1)[C@H](C)[C@@H](C)S2. The van der Waals surface area contributed by atoms with E-state index >= 15 is 0 Å². The molecule has 2 aliphatic rings. The van der Waals surface area contributed by atoms with E-state index in [-0.39, 0.29) is 11.9 Å². The van der Waals surface area contributed by atoms with Gasteiger partial charge in [-0.15, -0.1) is 11.8 Å². The van der Waals surface area contributed by atoms with Gasteiger partial charge < -0.3 is 14.5 Å². The predicted octanol–water partition coefficient (Wildman–Crippen LogP) is 5.25. The fourth-order valence-corrected chi connectivity index (χ4v) is 6.04. The topological polar surface area (TPSA) is 32.8 Å². The first-order chi connectivity index (χ1) is 15.5. The van der Waals surface area contributed by atoms with Gasteiger partial charge in [-0.05, 0) is 74.5 Å². The normalized spacial score (nSPS) is 22.3. The van der Waals surface area contributed by atoms with E-state index in [0.29, 0.717) is 18.2 Å². The second-order valence-corrected chi connectivity index (χ2v) is 10.7. The summed E-state index contributed by atoms with van der Waals surface area (Å²) in [4.78, 5) is 19.1. The Morgan fingerprint density at radius 2 is 1.84 bits per heavy atom. The van der Waals surface area contributed by atoms with Gasteiger partial charge in [-0.1, -0.05) is 37.3 Å². The highest BCUT2D eigenvalue weighted by Gasteiger charge is 2.30. The number of carbonyl (C=O) groups is 1. The number of hydrogen-bond donors (Lipinski definition) is 0. The summed E-state index contributed by atoms with van der Waals surface area (Å²) in [5.74, 6) is 1.89. The number of nitrogens with zero attached hydrogens (tertiary/aromatic N) is 2. The number of benzene rings is 2. The Morgan fingerprint density at radius 1 is 1.09 bits per heavy atom. The summed E-state index contributed by atoms with van der Waals surface area (Å²) in [7, 11) is 1.70. The molecular formula is C27H36N2O2S. The Balaban J connectivity index is 1.30. The third kappa shape index (κ3) is 5.68. The number of rotatable bonds is 6. The first-order valence-electron chi connectivity index (χ1n) is 11.9. The number of likely N-dealkylation sites (tertiary alicyclic amines) is 1. The lowest BCUT2D eigenvalue weighted by atomic mass is 9.90. The molecule has 2 atom stereocenters. The fourth-order valence-electron chi connectivity index (χ4n) is 4.88. The average molecular weight is 453 g/mol. The van der Waals surface area contributed by atoms with Gasteiger partial charge in [-0.2, -0.15) is 0 Å². The second-order valence-electron chi connectivity index (χ2n) is 9.28. The first kappa shape index (κ1) is 23.2. The summed E-state index contributed by atoms with van der Waals surface area (Å²) in [6.07, 6.45) is 4.23. The third-order valence-corrected chi connectivity index (χ3v) is 8.55. The summed E-state index contributed by atoms with van der Waals surface area (Å²) >= 11 is 1.87. The second kappa shape index (κ2) is 10.8. The van der Waals surface area contributed by atoms with Gasteiger partial charge in [0.2, 0.25) is 5.91 Å². The smallest absolute Gasteiger partial charge is 0.224 e. The minimum Gasteiger partial charge on any atom is -0.497 e. The van der Waals surface area contributed by atoms with E-state index in [1.807, 2.05) is 17.8 Å². The molecule has 0 spiro atoms. The van der Waals surface area contributed by atoms with E-state index in [1.54, 1.807) is 7.11 Å². The van der Waals surface area contributed by atoms with Gasteiger partial charge in [0.1, 0.15) is 5.75 Å². The molecule has 32 heavy (non-hydrogen) atoms. The highest BCUT2D eigenvalue weighted by Crippen LogP contribution is 2.37. The summed E-state index contributed by atoms with van der Waals surface area (Å²) < 4.78 is 5.42. The molecule has 5 heteroatoms. The minimum atomic E-state index is 0.211. The number of carbonyl (C=O) groups excluding carboxylic acids is 1. The lowest BCUT2D eigenvalue weighted by Gasteiger charge is -2.34. The van der Waals surface area contributed by atoms with Crippen LogP contribution >= 0.6 is 11.8 Å². The fraction of sp³-hybridized carbons (Fsp3) is 0.519. The van der Waals surface area contributed by atoms with Gasteiger partial charge in [0.15, 0.2) is 0 Å². The molecule has 1 saturated heterocycles. The molecule has 2 heterocycles. The molecule has 0 radical (unpaired) electrons. The first-order valence-corrected chi connectivity index (χ1v) is 12.8. The van der Waals surface area contributed by atoms with E-state index in [4.69, 9.17) is 4.74 Å². The molecule has 0 aromatic heterocycles. The molecule has 172 valence electrons. The van der Waals surface area contributed by atoms with Gasteiger partial charge in [0, 0.05) is 35.7 Å². The van der Waals surface area contributed by atoms with Crippen molar-refractivity contribution in [2.24, 2.45) is 5.92 Å². The van der Waals surface area contributed by atoms with Crippen LogP contribution in [0.1, 0.15) is 44.2 Å². The minimum absolute atomic E-state index is 0.211. The number of piperidine rings is 1. The van der Waals surface area contributed by atoms with Crippen molar-refractivity contribution >= 4 is 17.7 Å². The zero-order valence-corrected chi connectivity index (χ0v) is 20.4. The monoisotopic (exact) mass is 452 g/mol. The van der Waals surface area contributed by atoms with Crippen LogP contribution in [0.4, 0.5) is 0 Å². The average Bonchev–Trinajstić information content (AvgIpc) is 2.94. The van der Waals surface area contributed by atoms with Gasteiger partial charge in [-0.3, -0.25) is 4.79 Å². The van der Waals surface area contributed by atoms with Gasteiger partial charge in [0.25, 0.3) is 0 Å².